The van der Waals surface area contributed by atoms with Crippen LogP contribution in [0.5, 0.6) is 0 Å². The molecular weight excluding hydrogens is 455 g/mol. The largest absolute Gasteiger partial charge is 0.460 e. The van der Waals surface area contributed by atoms with Crippen molar-refractivity contribution in [2.45, 2.75) is 54.6 Å². The third kappa shape index (κ3) is 3.06. The lowest BCUT2D eigenvalue weighted by molar-refractivity contribution is -0.462. The highest BCUT2D eigenvalue weighted by molar-refractivity contribution is 5.15. The van der Waals surface area contributed by atoms with Crippen LogP contribution < -0.4 is 0 Å². The summed E-state index contributed by atoms with van der Waals surface area (Å²) in [5, 5.41) is 0. The van der Waals surface area contributed by atoms with Crippen LogP contribution in [0.25, 0.3) is 0 Å². The highest BCUT2D eigenvalue weighted by atomic mass is 19.4. The zero-order valence-corrected chi connectivity index (χ0v) is 12.7. The van der Waals surface area contributed by atoms with Crippen molar-refractivity contribution in [2.75, 3.05) is 0 Å². The van der Waals surface area contributed by atoms with E-state index in [0.29, 0.717) is 0 Å². The molecule has 0 aliphatic rings. The third-order valence-electron chi connectivity index (χ3n) is 3.37. The Kier molecular flexibility index (Phi) is 6.13. The summed E-state index contributed by atoms with van der Waals surface area (Å²) in [6.45, 7) is 1.91. The summed E-state index contributed by atoms with van der Waals surface area (Å²) in [7, 11) is 0. The molecule has 17 heteroatoms. The molecule has 0 saturated heterocycles. The van der Waals surface area contributed by atoms with Crippen LogP contribution in [0.1, 0.15) is 6.92 Å². The maximum atomic E-state index is 13.2. The summed E-state index contributed by atoms with van der Waals surface area (Å²) in [6.07, 6.45) is -7.75. The van der Waals surface area contributed by atoms with Gasteiger partial charge in [-0.3, -0.25) is 0 Å². The Morgan fingerprint density at radius 3 is 0.857 bits per heavy atom. The Morgan fingerprint density at radius 1 is 0.429 bits per heavy atom. The van der Waals surface area contributed by atoms with Crippen LogP contribution in [-0.2, 0) is 0 Å². The molecule has 0 rings (SSSR count). The van der Waals surface area contributed by atoms with Crippen LogP contribution in [0.3, 0.4) is 0 Å². The van der Waals surface area contributed by atoms with Gasteiger partial charge in [-0.25, -0.2) is 0 Å². The minimum atomic E-state index is -8.59. The molecule has 0 amide bonds. The molecule has 0 N–H and O–H groups in total. The predicted molar refractivity (Wildman–Crippen MR) is 55.2 cm³/mol. The molecule has 1 radical (unpaired) electrons. The Labute approximate surface area is 143 Å². The van der Waals surface area contributed by atoms with Crippen LogP contribution in [0.15, 0.2) is 0 Å². The minimum Gasteiger partial charge on any atom is -0.199 e. The molecule has 0 aromatic heterocycles. The molecule has 1 unspecified atom stereocenters. The fourth-order valence-corrected chi connectivity index (χ4v) is 1.49. The van der Waals surface area contributed by atoms with E-state index in [0.717, 1.165) is 0 Å². The molecule has 0 saturated carbocycles. The highest BCUT2D eigenvalue weighted by Gasteiger charge is 2.95. The van der Waals surface area contributed by atoms with Gasteiger partial charge in [0.2, 0.25) is 0 Å². The quantitative estimate of drug-likeness (QED) is 0.382. The molecule has 1 atom stereocenters. The van der Waals surface area contributed by atoms with Crippen molar-refractivity contribution in [3.63, 3.8) is 0 Å². The molecule has 28 heavy (non-hydrogen) atoms. The monoisotopic (exact) mass is 461 g/mol. The van der Waals surface area contributed by atoms with E-state index in [9.17, 15) is 74.6 Å². The van der Waals surface area contributed by atoms with Crippen LogP contribution in [-0.4, -0.2) is 47.6 Å². The van der Waals surface area contributed by atoms with Gasteiger partial charge in [0.05, 0.1) is 0 Å². The van der Waals surface area contributed by atoms with Gasteiger partial charge in [-0.1, -0.05) is 6.92 Å². The van der Waals surface area contributed by atoms with Gasteiger partial charge < -0.3 is 0 Å². The van der Waals surface area contributed by atoms with E-state index in [-0.39, 0.29) is 6.92 Å². The minimum absolute atomic E-state index is 0.132. The lowest BCUT2D eigenvalue weighted by Gasteiger charge is -2.43. The average molecular weight is 461 g/mol. The summed E-state index contributed by atoms with van der Waals surface area (Å²) in [6, 6.07) is 0. The fourth-order valence-electron chi connectivity index (χ4n) is 1.49. The van der Waals surface area contributed by atoms with Crippen molar-refractivity contribution in [2.24, 2.45) is 5.92 Å². The lowest BCUT2D eigenvalue weighted by Crippen LogP contribution is -2.74. The number of hydrogen-bond donors (Lipinski definition) is 0. The van der Waals surface area contributed by atoms with E-state index in [1.807, 2.05) is 6.92 Å². The first kappa shape index (κ1) is 26.8. The van der Waals surface area contributed by atoms with Gasteiger partial charge >= 0.3 is 47.6 Å². The van der Waals surface area contributed by atoms with E-state index in [4.69, 9.17) is 0 Å². The molecule has 0 aromatic carbocycles. The van der Waals surface area contributed by atoms with Crippen LogP contribution in [0.4, 0.5) is 74.6 Å². The fraction of sp³-hybridized carbons (Fsp3) is 0.909. The summed E-state index contributed by atoms with van der Waals surface area (Å²) in [5.74, 6) is -59.3. The van der Waals surface area contributed by atoms with Gasteiger partial charge in [-0.05, 0) is 6.92 Å². The number of alkyl halides is 17. The zero-order valence-electron chi connectivity index (χ0n) is 12.7. The van der Waals surface area contributed by atoms with Crippen molar-refractivity contribution in [3.8, 4) is 0 Å². The summed E-state index contributed by atoms with van der Waals surface area (Å²) in [5.41, 5.74) is 0. The predicted octanol–water partition coefficient (Wildman–Crippen LogP) is 6.47. The molecule has 0 aliphatic heterocycles. The zero-order chi connectivity index (χ0) is 23.6. The summed E-state index contributed by atoms with van der Waals surface area (Å²) >= 11 is 0. The summed E-state index contributed by atoms with van der Waals surface area (Å²) in [4.78, 5) is 0. The second kappa shape index (κ2) is 6.40. The molecule has 0 nitrogen and oxygen atoms in total. The molecule has 0 aliphatic carbocycles. The van der Waals surface area contributed by atoms with Crippen molar-refractivity contribution in [3.05, 3.63) is 6.92 Å². The molecule has 0 spiro atoms. The number of rotatable bonds is 7. The van der Waals surface area contributed by atoms with Gasteiger partial charge in [0.1, 0.15) is 0 Å². The van der Waals surface area contributed by atoms with Gasteiger partial charge in [-0.15, -0.1) is 0 Å². The van der Waals surface area contributed by atoms with Gasteiger partial charge in [0.15, 0.2) is 0 Å². The maximum absolute atomic E-state index is 13.2. The van der Waals surface area contributed by atoms with Gasteiger partial charge in [0, 0.05) is 5.92 Å². The average Bonchev–Trinajstić information content (AvgIpc) is 2.44. The van der Waals surface area contributed by atoms with Gasteiger partial charge in [-0.2, -0.15) is 74.6 Å². The highest BCUT2D eigenvalue weighted by Crippen LogP contribution is 2.64. The Bertz CT molecular complexity index is 566. The molecule has 169 valence electrons. The first-order chi connectivity index (χ1) is 11.7. The second-order valence-electron chi connectivity index (χ2n) is 5.47. The Balaban J connectivity index is 6.72. The van der Waals surface area contributed by atoms with Crippen LogP contribution in [0.2, 0.25) is 0 Å². The van der Waals surface area contributed by atoms with E-state index in [2.05, 4.69) is 0 Å². The maximum Gasteiger partial charge on any atom is 0.460 e. The van der Waals surface area contributed by atoms with Crippen LogP contribution >= 0.6 is 0 Å². The standard InChI is InChI=1S/C11H6F17/c1-3(2)4(12,13)5(14,15)6(16,17)7(18,19)8(20,21)9(22,23)10(24,25)11(26,27)28/h3H,1H2,2H3. The molecule has 0 bridgehead atoms. The van der Waals surface area contributed by atoms with Crippen molar-refractivity contribution < 1.29 is 74.6 Å². The van der Waals surface area contributed by atoms with E-state index in [1.54, 1.807) is 0 Å². The normalized spacial score (nSPS) is 16.7. The first-order valence-corrected chi connectivity index (χ1v) is 6.24. The third-order valence-corrected chi connectivity index (χ3v) is 3.37. The first-order valence-electron chi connectivity index (χ1n) is 6.24. The van der Waals surface area contributed by atoms with Crippen molar-refractivity contribution >= 4 is 0 Å². The summed E-state index contributed by atoms with van der Waals surface area (Å²) < 4.78 is 217. The number of halogens is 17. The van der Waals surface area contributed by atoms with Crippen molar-refractivity contribution in [1.82, 2.24) is 0 Å². The Morgan fingerprint density at radius 2 is 0.643 bits per heavy atom. The lowest BCUT2D eigenvalue weighted by atomic mass is 9.86. The van der Waals surface area contributed by atoms with Gasteiger partial charge in [0.25, 0.3) is 0 Å². The second-order valence-corrected chi connectivity index (χ2v) is 5.47. The SMILES string of the molecule is [CH2]C(C)C(F)(F)C(F)(F)C(F)(F)C(F)(F)C(F)(F)C(F)(F)C(F)(F)C(F)(F)F. The smallest absolute Gasteiger partial charge is 0.199 e. The Hall–Kier alpha value is -1.19. The van der Waals surface area contributed by atoms with E-state index in [1.165, 1.54) is 0 Å². The molecule has 0 aromatic rings. The number of hydrogen-bond acceptors (Lipinski definition) is 0. The molecule has 0 heterocycles. The van der Waals surface area contributed by atoms with E-state index >= 15 is 0 Å². The molecule has 0 fully saturated rings. The van der Waals surface area contributed by atoms with Crippen molar-refractivity contribution in [1.29, 1.82) is 0 Å². The van der Waals surface area contributed by atoms with E-state index < -0.39 is 53.6 Å². The molecular formula is C11H6F17. The topological polar surface area (TPSA) is 0 Å². The van der Waals surface area contributed by atoms with Crippen LogP contribution in [0, 0.1) is 12.8 Å².